The summed E-state index contributed by atoms with van der Waals surface area (Å²) in [4.78, 5) is 26.5. The number of rotatable bonds is 6. The lowest BCUT2D eigenvalue weighted by atomic mass is 10.2. The number of ether oxygens (including phenoxy) is 1. The lowest BCUT2D eigenvalue weighted by Crippen LogP contribution is -2.31. The standard InChI is InChI=1S/C14H16N6O4/c1-23-12(22)7-17-10(21)6-11-19-20-13(24-11)8-2-4-9(5-3-8)18-14(15)16/h2-5H,6-7H2,1H3,(H,17,21)(H4,15,16,18). The van der Waals surface area contributed by atoms with Gasteiger partial charge in [0.2, 0.25) is 17.7 Å². The SMILES string of the molecule is COC(=O)CNC(=O)Cc1nnc(-c2ccc(N=C(N)N)cc2)o1. The van der Waals surface area contributed by atoms with Crippen LogP contribution in [0.2, 0.25) is 0 Å². The minimum atomic E-state index is -0.546. The second-order valence-corrected chi connectivity index (χ2v) is 4.61. The molecule has 2 rings (SSSR count). The van der Waals surface area contributed by atoms with Crippen LogP contribution in [0.25, 0.3) is 11.5 Å². The van der Waals surface area contributed by atoms with Gasteiger partial charge in [0.15, 0.2) is 5.96 Å². The van der Waals surface area contributed by atoms with Gasteiger partial charge in [0.25, 0.3) is 0 Å². The minimum absolute atomic E-state index is 0.0409. The van der Waals surface area contributed by atoms with E-state index >= 15 is 0 Å². The van der Waals surface area contributed by atoms with Crippen molar-refractivity contribution in [2.24, 2.45) is 16.5 Å². The number of guanidine groups is 1. The second-order valence-electron chi connectivity index (χ2n) is 4.61. The molecule has 10 nitrogen and oxygen atoms in total. The first kappa shape index (κ1) is 16.9. The fourth-order valence-corrected chi connectivity index (χ4v) is 1.71. The number of esters is 1. The molecular weight excluding hydrogens is 316 g/mol. The Morgan fingerprint density at radius 3 is 2.58 bits per heavy atom. The maximum atomic E-state index is 11.6. The van der Waals surface area contributed by atoms with Gasteiger partial charge in [0.05, 0.1) is 12.8 Å². The van der Waals surface area contributed by atoms with Crippen LogP contribution in [-0.4, -0.2) is 41.7 Å². The van der Waals surface area contributed by atoms with Crippen molar-refractivity contribution >= 4 is 23.5 Å². The van der Waals surface area contributed by atoms with Crippen molar-refractivity contribution in [3.05, 3.63) is 30.2 Å². The molecule has 24 heavy (non-hydrogen) atoms. The zero-order valence-corrected chi connectivity index (χ0v) is 12.9. The maximum Gasteiger partial charge on any atom is 0.325 e. The van der Waals surface area contributed by atoms with Crippen LogP contribution < -0.4 is 16.8 Å². The number of aromatic nitrogens is 2. The number of nitrogens with zero attached hydrogens (tertiary/aromatic N) is 3. The van der Waals surface area contributed by atoms with E-state index in [9.17, 15) is 9.59 Å². The van der Waals surface area contributed by atoms with Crippen molar-refractivity contribution in [1.82, 2.24) is 15.5 Å². The van der Waals surface area contributed by atoms with Gasteiger partial charge in [-0.1, -0.05) is 0 Å². The fourth-order valence-electron chi connectivity index (χ4n) is 1.71. The van der Waals surface area contributed by atoms with Crippen LogP contribution in [0.15, 0.2) is 33.7 Å². The Kier molecular flexibility index (Phi) is 5.45. The quantitative estimate of drug-likeness (QED) is 0.362. The zero-order chi connectivity index (χ0) is 17.5. The number of benzene rings is 1. The molecule has 0 atom stereocenters. The third-order valence-electron chi connectivity index (χ3n) is 2.81. The Labute approximate surface area is 136 Å². The number of carbonyl (C=O) groups is 2. The molecule has 0 aliphatic rings. The highest BCUT2D eigenvalue weighted by atomic mass is 16.5. The molecule has 1 aromatic heterocycles. The van der Waals surface area contributed by atoms with Gasteiger partial charge in [0.1, 0.15) is 13.0 Å². The first-order chi connectivity index (χ1) is 11.5. The smallest absolute Gasteiger partial charge is 0.325 e. The first-order valence-electron chi connectivity index (χ1n) is 6.84. The molecule has 0 saturated carbocycles. The molecule has 5 N–H and O–H groups in total. The van der Waals surface area contributed by atoms with Crippen molar-refractivity contribution in [3.8, 4) is 11.5 Å². The summed E-state index contributed by atoms with van der Waals surface area (Å²) in [5, 5.41) is 10.0. The Morgan fingerprint density at radius 2 is 1.96 bits per heavy atom. The first-order valence-corrected chi connectivity index (χ1v) is 6.84. The van der Waals surface area contributed by atoms with E-state index in [1.54, 1.807) is 24.3 Å². The van der Waals surface area contributed by atoms with Gasteiger partial charge in [-0.2, -0.15) is 0 Å². The summed E-state index contributed by atoms with van der Waals surface area (Å²) in [5.41, 5.74) is 11.8. The molecule has 0 fully saturated rings. The summed E-state index contributed by atoms with van der Waals surface area (Å²) >= 11 is 0. The highest BCUT2D eigenvalue weighted by Crippen LogP contribution is 2.21. The fraction of sp³-hybridized carbons (Fsp3) is 0.214. The van der Waals surface area contributed by atoms with Gasteiger partial charge in [0, 0.05) is 5.56 Å². The average molecular weight is 332 g/mol. The largest absolute Gasteiger partial charge is 0.468 e. The van der Waals surface area contributed by atoms with Crippen LogP contribution in [0.1, 0.15) is 5.89 Å². The van der Waals surface area contributed by atoms with Gasteiger partial charge in [-0.05, 0) is 24.3 Å². The van der Waals surface area contributed by atoms with Crippen LogP contribution in [0.4, 0.5) is 5.69 Å². The summed E-state index contributed by atoms with van der Waals surface area (Å²) < 4.78 is 9.83. The summed E-state index contributed by atoms with van der Waals surface area (Å²) in [5.74, 6) is -0.641. The molecule has 0 radical (unpaired) electrons. The van der Waals surface area contributed by atoms with Crippen LogP contribution in [0, 0.1) is 0 Å². The summed E-state index contributed by atoms with van der Waals surface area (Å²) in [6, 6.07) is 6.77. The predicted molar refractivity (Wildman–Crippen MR) is 83.9 cm³/mol. The number of carbonyl (C=O) groups excluding carboxylic acids is 2. The summed E-state index contributed by atoms with van der Waals surface area (Å²) in [6.45, 7) is -0.220. The molecule has 2 aromatic rings. The highest BCUT2D eigenvalue weighted by molar-refractivity contribution is 5.82. The molecule has 1 aromatic carbocycles. The number of hydrogen-bond acceptors (Lipinski definition) is 7. The number of methoxy groups -OCH3 is 1. The molecule has 0 bridgehead atoms. The van der Waals surface area contributed by atoms with E-state index in [0.717, 1.165) is 0 Å². The number of nitrogens with two attached hydrogens (primary N) is 2. The molecule has 10 heteroatoms. The summed E-state index contributed by atoms with van der Waals surface area (Å²) in [7, 11) is 1.23. The maximum absolute atomic E-state index is 11.6. The molecule has 0 unspecified atom stereocenters. The van der Waals surface area contributed by atoms with E-state index in [2.05, 4.69) is 25.2 Å². The van der Waals surface area contributed by atoms with Crippen LogP contribution in [0.3, 0.4) is 0 Å². The van der Waals surface area contributed by atoms with Crippen molar-refractivity contribution in [2.45, 2.75) is 6.42 Å². The lowest BCUT2D eigenvalue weighted by Gasteiger charge is -2.01. The molecule has 126 valence electrons. The van der Waals surface area contributed by atoms with E-state index in [0.29, 0.717) is 11.3 Å². The van der Waals surface area contributed by atoms with Gasteiger partial charge in [-0.3, -0.25) is 9.59 Å². The number of aliphatic imine (C=N–C) groups is 1. The zero-order valence-electron chi connectivity index (χ0n) is 12.9. The molecule has 0 spiro atoms. The van der Waals surface area contributed by atoms with Gasteiger partial charge >= 0.3 is 5.97 Å². The van der Waals surface area contributed by atoms with Crippen LogP contribution in [-0.2, 0) is 20.7 Å². The van der Waals surface area contributed by atoms with E-state index in [1.807, 2.05) is 0 Å². The lowest BCUT2D eigenvalue weighted by molar-refractivity contribution is -0.141. The molecule has 1 amide bonds. The topological polar surface area (TPSA) is 159 Å². The van der Waals surface area contributed by atoms with Crippen LogP contribution >= 0.6 is 0 Å². The van der Waals surface area contributed by atoms with Crippen molar-refractivity contribution < 1.29 is 18.7 Å². The van der Waals surface area contributed by atoms with Crippen LogP contribution in [0.5, 0.6) is 0 Å². The molecule has 0 aliphatic heterocycles. The molecule has 0 saturated heterocycles. The van der Waals surface area contributed by atoms with E-state index < -0.39 is 11.9 Å². The summed E-state index contributed by atoms with van der Waals surface area (Å²) in [6.07, 6.45) is -0.143. The molecule has 0 aliphatic carbocycles. The van der Waals surface area contributed by atoms with Crippen molar-refractivity contribution in [3.63, 3.8) is 0 Å². The number of hydrogen-bond donors (Lipinski definition) is 3. The third kappa shape index (κ3) is 4.80. The monoisotopic (exact) mass is 332 g/mol. The number of amides is 1. The number of nitrogens with one attached hydrogen (secondary N) is 1. The van der Waals surface area contributed by atoms with E-state index in [-0.39, 0.29) is 30.7 Å². The Balaban J connectivity index is 1.98. The Hall–Kier alpha value is -3.43. The normalized spacial score (nSPS) is 10.0. The average Bonchev–Trinajstić information content (AvgIpc) is 3.01. The van der Waals surface area contributed by atoms with Crippen molar-refractivity contribution in [2.75, 3.05) is 13.7 Å². The minimum Gasteiger partial charge on any atom is -0.468 e. The highest BCUT2D eigenvalue weighted by Gasteiger charge is 2.13. The van der Waals surface area contributed by atoms with Gasteiger partial charge in [-0.15, -0.1) is 10.2 Å². The Bertz CT molecular complexity index is 749. The van der Waals surface area contributed by atoms with Crippen molar-refractivity contribution in [1.29, 1.82) is 0 Å². The van der Waals surface area contributed by atoms with Gasteiger partial charge in [-0.25, -0.2) is 4.99 Å². The Morgan fingerprint density at radius 1 is 1.25 bits per heavy atom. The predicted octanol–water partition coefficient (Wildman–Crippen LogP) is -0.527. The van der Waals surface area contributed by atoms with E-state index in [1.165, 1.54) is 7.11 Å². The van der Waals surface area contributed by atoms with E-state index in [4.69, 9.17) is 15.9 Å². The molecule has 1 heterocycles. The second kappa shape index (κ2) is 7.72. The third-order valence-corrected chi connectivity index (χ3v) is 2.81. The van der Waals surface area contributed by atoms with Gasteiger partial charge < -0.3 is 25.9 Å². The molecular formula is C14H16N6O4.